The van der Waals surface area contributed by atoms with Gasteiger partial charge in [0.25, 0.3) is 5.91 Å². The number of piperidine rings is 1. The zero-order chi connectivity index (χ0) is 16.8. The van der Waals surface area contributed by atoms with Gasteiger partial charge in [-0.1, -0.05) is 6.07 Å². The van der Waals surface area contributed by atoms with Crippen molar-refractivity contribution in [1.82, 2.24) is 4.90 Å². The summed E-state index contributed by atoms with van der Waals surface area (Å²) in [6.45, 7) is 1.80. The lowest BCUT2D eigenvalue weighted by molar-refractivity contribution is -0.125. The number of primary amides is 1. The summed E-state index contributed by atoms with van der Waals surface area (Å²) < 4.78 is 26.6. The molecule has 2 rings (SSSR count). The van der Waals surface area contributed by atoms with E-state index in [1.165, 1.54) is 18.2 Å². The minimum absolute atomic E-state index is 0.196. The van der Waals surface area contributed by atoms with E-state index in [4.69, 9.17) is 5.73 Å². The highest BCUT2D eigenvalue weighted by Gasteiger charge is 2.29. The number of amides is 2. The molecule has 23 heavy (non-hydrogen) atoms. The van der Waals surface area contributed by atoms with Crippen molar-refractivity contribution < 1.29 is 18.4 Å². The van der Waals surface area contributed by atoms with Crippen LogP contribution in [0.25, 0.3) is 0 Å². The Kier molecular flexibility index (Phi) is 6.04. The summed E-state index contributed by atoms with van der Waals surface area (Å²) >= 11 is 0. The summed E-state index contributed by atoms with van der Waals surface area (Å²) in [5.74, 6) is -1.83. The first-order valence-electron chi connectivity index (χ1n) is 7.67. The van der Waals surface area contributed by atoms with Crippen LogP contribution in [0.3, 0.4) is 0 Å². The van der Waals surface area contributed by atoms with Gasteiger partial charge in [-0.2, -0.15) is 0 Å². The Morgan fingerprint density at radius 2 is 2.04 bits per heavy atom. The highest BCUT2D eigenvalue weighted by atomic mass is 19.1. The van der Waals surface area contributed by atoms with Gasteiger partial charge in [-0.05, 0) is 44.1 Å². The van der Waals surface area contributed by atoms with Crippen LogP contribution in [0.4, 0.5) is 14.5 Å². The quantitative estimate of drug-likeness (QED) is 0.836. The van der Waals surface area contributed by atoms with Crippen molar-refractivity contribution in [2.45, 2.75) is 25.4 Å². The second-order valence-electron chi connectivity index (χ2n) is 5.79. The van der Waals surface area contributed by atoms with Crippen LogP contribution in [0.5, 0.6) is 0 Å². The van der Waals surface area contributed by atoms with Crippen LogP contribution >= 0.6 is 0 Å². The molecule has 126 valence electrons. The van der Waals surface area contributed by atoms with Crippen molar-refractivity contribution in [3.05, 3.63) is 30.1 Å². The third kappa shape index (κ3) is 5.28. The number of nitrogens with zero attached hydrogens (tertiary/aromatic N) is 1. The molecule has 1 saturated heterocycles. The number of nitrogens with one attached hydrogen (secondary N) is 1. The predicted octanol–water partition coefficient (Wildman–Crippen LogP) is 1.69. The van der Waals surface area contributed by atoms with Gasteiger partial charge in [0.05, 0.1) is 0 Å². The van der Waals surface area contributed by atoms with E-state index >= 15 is 0 Å². The van der Waals surface area contributed by atoms with E-state index in [0.29, 0.717) is 38.2 Å². The topological polar surface area (TPSA) is 75.4 Å². The summed E-state index contributed by atoms with van der Waals surface area (Å²) in [5.41, 5.74) is 5.40. The largest absolute Gasteiger partial charge is 0.367 e. The molecule has 1 aromatic carbocycles. The van der Waals surface area contributed by atoms with E-state index < -0.39 is 17.9 Å². The summed E-state index contributed by atoms with van der Waals surface area (Å²) in [4.78, 5) is 24.7. The van der Waals surface area contributed by atoms with E-state index in [-0.39, 0.29) is 18.2 Å². The molecule has 0 aromatic heterocycles. The first-order chi connectivity index (χ1) is 11.0. The first-order valence-corrected chi connectivity index (χ1v) is 7.67. The van der Waals surface area contributed by atoms with Crippen LogP contribution in [0.2, 0.25) is 0 Å². The number of hydrogen-bond donors (Lipinski definition) is 2. The normalized spacial score (nSPS) is 17.7. The number of carbonyl (C=O) groups is 2. The van der Waals surface area contributed by atoms with Gasteiger partial charge < -0.3 is 16.0 Å². The monoisotopic (exact) mass is 325 g/mol. The average molecular weight is 325 g/mol. The number of rotatable bonds is 6. The number of benzene rings is 1. The molecule has 7 heteroatoms. The van der Waals surface area contributed by atoms with E-state index in [2.05, 4.69) is 10.2 Å². The molecule has 2 amide bonds. The fourth-order valence-corrected chi connectivity index (χ4v) is 2.75. The number of hydrogen-bond acceptors (Lipinski definition) is 3. The van der Waals surface area contributed by atoms with Gasteiger partial charge in [0.2, 0.25) is 5.91 Å². The molecule has 0 aliphatic carbocycles. The molecule has 0 radical (unpaired) electrons. The van der Waals surface area contributed by atoms with Gasteiger partial charge in [0.1, 0.15) is 5.82 Å². The van der Waals surface area contributed by atoms with E-state index in [1.54, 1.807) is 6.07 Å². The van der Waals surface area contributed by atoms with E-state index in [9.17, 15) is 18.4 Å². The summed E-state index contributed by atoms with van der Waals surface area (Å²) in [6.07, 6.45) is -0.213. The zero-order valence-electron chi connectivity index (χ0n) is 12.8. The van der Waals surface area contributed by atoms with Crippen LogP contribution in [0.15, 0.2) is 24.3 Å². The van der Waals surface area contributed by atoms with Crippen LogP contribution in [0.1, 0.15) is 19.3 Å². The SMILES string of the molecule is NC(=O)C(F)C1CCN(CCC(=O)Nc2cccc(F)c2)CC1. The fourth-order valence-electron chi connectivity index (χ4n) is 2.75. The van der Waals surface area contributed by atoms with Crippen LogP contribution < -0.4 is 11.1 Å². The van der Waals surface area contributed by atoms with Crippen molar-refractivity contribution in [3.8, 4) is 0 Å². The van der Waals surface area contributed by atoms with Crippen LogP contribution in [0, 0.1) is 11.7 Å². The molecule has 1 aliphatic heterocycles. The van der Waals surface area contributed by atoms with Crippen LogP contribution in [-0.2, 0) is 9.59 Å². The number of alkyl halides is 1. The van der Waals surface area contributed by atoms with Gasteiger partial charge in [0, 0.05) is 24.6 Å². The lowest BCUT2D eigenvalue weighted by atomic mass is 9.91. The van der Waals surface area contributed by atoms with Crippen molar-refractivity contribution in [3.63, 3.8) is 0 Å². The molecule has 0 spiro atoms. The third-order valence-electron chi connectivity index (χ3n) is 4.08. The molecule has 1 fully saturated rings. The molecule has 1 aromatic rings. The lowest BCUT2D eigenvalue weighted by Crippen LogP contribution is -2.41. The first kappa shape index (κ1) is 17.3. The number of nitrogens with two attached hydrogens (primary N) is 1. The summed E-state index contributed by atoms with van der Waals surface area (Å²) in [6, 6.07) is 5.72. The molecule has 0 bridgehead atoms. The van der Waals surface area contributed by atoms with Crippen molar-refractivity contribution in [2.24, 2.45) is 11.7 Å². The van der Waals surface area contributed by atoms with Gasteiger partial charge in [-0.25, -0.2) is 8.78 Å². The minimum atomic E-state index is -1.59. The van der Waals surface area contributed by atoms with Crippen molar-refractivity contribution in [2.75, 3.05) is 25.0 Å². The Bertz CT molecular complexity index is 560. The van der Waals surface area contributed by atoms with E-state index in [1.807, 2.05) is 0 Å². The number of halogens is 2. The molecule has 1 aliphatic rings. The predicted molar refractivity (Wildman–Crippen MR) is 82.9 cm³/mol. The maximum Gasteiger partial charge on any atom is 0.252 e. The standard InChI is InChI=1S/C16H21F2N3O2/c17-12-2-1-3-13(10-12)20-14(22)6-9-21-7-4-11(5-8-21)15(18)16(19)23/h1-3,10-11,15H,4-9H2,(H2,19,23)(H,20,22). The molecule has 1 atom stereocenters. The molecular weight excluding hydrogens is 304 g/mol. The van der Waals surface area contributed by atoms with Crippen LogP contribution in [-0.4, -0.2) is 42.5 Å². The molecule has 5 nitrogen and oxygen atoms in total. The molecular formula is C16H21F2N3O2. The number of carbonyl (C=O) groups excluding carboxylic acids is 2. The Morgan fingerprint density at radius 3 is 2.65 bits per heavy atom. The number of anilines is 1. The summed E-state index contributed by atoms with van der Waals surface area (Å²) in [5, 5.41) is 2.64. The summed E-state index contributed by atoms with van der Waals surface area (Å²) in [7, 11) is 0. The Labute approximate surface area is 133 Å². The third-order valence-corrected chi connectivity index (χ3v) is 4.08. The Balaban J connectivity index is 1.71. The molecule has 0 saturated carbocycles. The molecule has 1 unspecified atom stereocenters. The van der Waals surface area contributed by atoms with Gasteiger partial charge >= 0.3 is 0 Å². The average Bonchev–Trinajstić information content (AvgIpc) is 2.52. The lowest BCUT2D eigenvalue weighted by Gasteiger charge is -2.32. The van der Waals surface area contributed by atoms with Gasteiger partial charge in [0.15, 0.2) is 6.17 Å². The number of likely N-dealkylation sites (tertiary alicyclic amines) is 1. The zero-order valence-corrected chi connectivity index (χ0v) is 12.8. The van der Waals surface area contributed by atoms with E-state index in [0.717, 1.165) is 0 Å². The molecule has 1 heterocycles. The van der Waals surface area contributed by atoms with Gasteiger partial charge in [-0.15, -0.1) is 0 Å². The minimum Gasteiger partial charge on any atom is -0.367 e. The second kappa shape index (κ2) is 8.01. The molecule has 3 N–H and O–H groups in total. The highest BCUT2D eigenvalue weighted by Crippen LogP contribution is 2.22. The maximum atomic E-state index is 13.5. The van der Waals surface area contributed by atoms with Gasteiger partial charge in [-0.3, -0.25) is 9.59 Å². The Hall–Kier alpha value is -2.02. The second-order valence-corrected chi connectivity index (χ2v) is 5.79. The fraction of sp³-hybridized carbons (Fsp3) is 0.500. The Morgan fingerprint density at radius 1 is 1.35 bits per heavy atom. The smallest absolute Gasteiger partial charge is 0.252 e. The highest BCUT2D eigenvalue weighted by molar-refractivity contribution is 5.90. The van der Waals surface area contributed by atoms with Crippen molar-refractivity contribution in [1.29, 1.82) is 0 Å². The maximum absolute atomic E-state index is 13.5. The van der Waals surface area contributed by atoms with Crippen molar-refractivity contribution >= 4 is 17.5 Å².